The molecule has 0 saturated carbocycles. The van der Waals surface area contributed by atoms with E-state index in [0.29, 0.717) is 11.5 Å². The van der Waals surface area contributed by atoms with E-state index in [1.54, 1.807) is 18.2 Å². The normalized spacial score (nSPS) is 10.2. The lowest BCUT2D eigenvalue weighted by Gasteiger charge is -2.16. The van der Waals surface area contributed by atoms with Crippen molar-refractivity contribution < 1.29 is 28.3 Å². The summed E-state index contributed by atoms with van der Waals surface area (Å²) in [4.78, 5) is 36.7. The molecule has 0 atom stereocenters. The number of aryl methyl sites for hydroxylation is 2. The second-order valence-electron chi connectivity index (χ2n) is 6.30. The van der Waals surface area contributed by atoms with Crippen LogP contribution in [0.3, 0.4) is 0 Å². The molecule has 1 aromatic carbocycles. The van der Waals surface area contributed by atoms with E-state index >= 15 is 0 Å². The van der Waals surface area contributed by atoms with Gasteiger partial charge in [0.15, 0.2) is 13.2 Å². The van der Waals surface area contributed by atoms with Gasteiger partial charge in [0.2, 0.25) is 5.91 Å². The van der Waals surface area contributed by atoms with Crippen molar-refractivity contribution >= 4 is 17.8 Å². The number of esters is 1. The molecule has 1 N–H and O–H groups in total. The molecule has 8 heteroatoms. The highest BCUT2D eigenvalue weighted by Gasteiger charge is 2.15. The lowest BCUT2D eigenvalue weighted by atomic mass is 10.1. The van der Waals surface area contributed by atoms with Crippen LogP contribution in [-0.4, -0.2) is 49.5 Å². The van der Waals surface area contributed by atoms with Crippen LogP contribution in [0.4, 0.5) is 0 Å². The fraction of sp³-hybridized carbons (Fsp3) is 0.350. The number of furan rings is 1. The molecule has 0 radical (unpaired) electrons. The van der Waals surface area contributed by atoms with Crippen molar-refractivity contribution in [3.63, 3.8) is 0 Å². The van der Waals surface area contributed by atoms with Gasteiger partial charge < -0.3 is 24.1 Å². The maximum Gasteiger partial charge on any atom is 0.344 e. The van der Waals surface area contributed by atoms with E-state index in [4.69, 9.17) is 13.9 Å². The number of likely N-dealkylation sites (N-methyl/N-ethyl adjacent to an activating group) is 1. The van der Waals surface area contributed by atoms with Crippen LogP contribution in [0.1, 0.15) is 16.9 Å². The summed E-state index contributed by atoms with van der Waals surface area (Å²) in [5.74, 6) is -0.344. The van der Waals surface area contributed by atoms with E-state index in [0.717, 1.165) is 11.1 Å². The Morgan fingerprint density at radius 3 is 2.57 bits per heavy atom. The summed E-state index contributed by atoms with van der Waals surface area (Å²) in [5, 5.41) is 2.63. The lowest BCUT2D eigenvalue weighted by molar-refractivity contribution is -0.153. The van der Waals surface area contributed by atoms with Gasteiger partial charge in [-0.1, -0.05) is 6.07 Å². The second-order valence-corrected chi connectivity index (χ2v) is 6.30. The molecule has 0 fully saturated rings. The highest BCUT2D eigenvalue weighted by atomic mass is 16.6. The summed E-state index contributed by atoms with van der Waals surface area (Å²) in [6.07, 6.45) is 1.51. The molecule has 0 aliphatic carbocycles. The fourth-order valence-electron chi connectivity index (χ4n) is 2.20. The number of nitrogens with one attached hydrogen (secondary N) is 1. The third kappa shape index (κ3) is 6.79. The van der Waals surface area contributed by atoms with Crippen LogP contribution < -0.4 is 10.1 Å². The smallest absolute Gasteiger partial charge is 0.344 e. The zero-order valence-electron chi connectivity index (χ0n) is 16.2. The summed E-state index contributed by atoms with van der Waals surface area (Å²) in [5.41, 5.74) is 2.17. The summed E-state index contributed by atoms with van der Waals surface area (Å²) < 4.78 is 15.4. The summed E-state index contributed by atoms with van der Waals surface area (Å²) in [6.45, 7) is 3.24. The molecule has 2 amide bonds. The Kier molecular flexibility index (Phi) is 7.62. The third-order valence-corrected chi connectivity index (χ3v) is 4.04. The van der Waals surface area contributed by atoms with Crippen molar-refractivity contribution in [1.82, 2.24) is 10.2 Å². The number of carbonyl (C=O) groups is 3. The molecule has 0 bridgehead atoms. The molecule has 0 unspecified atom stereocenters. The molecule has 1 heterocycles. The maximum atomic E-state index is 12.0. The number of benzene rings is 1. The van der Waals surface area contributed by atoms with Crippen molar-refractivity contribution in [2.24, 2.45) is 0 Å². The SMILES string of the molecule is Cc1ccc(OCC(=O)OCC(=O)N(C)CC(=O)NCc2ccco2)cc1C. The summed E-state index contributed by atoms with van der Waals surface area (Å²) >= 11 is 0. The first-order valence-electron chi connectivity index (χ1n) is 8.74. The van der Waals surface area contributed by atoms with Gasteiger partial charge in [0.1, 0.15) is 11.5 Å². The maximum absolute atomic E-state index is 12.0. The lowest BCUT2D eigenvalue weighted by Crippen LogP contribution is -2.40. The molecule has 2 aromatic rings. The Hall–Kier alpha value is -3.29. The van der Waals surface area contributed by atoms with Crippen LogP contribution in [0.2, 0.25) is 0 Å². The molecule has 2 rings (SSSR count). The number of hydrogen-bond acceptors (Lipinski definition) is 6. The van der Waals surface area contributed by atoms with E-state index in [1.807, 2.05) is 26.0 Å². The van der Waals surface area contributed by atoms with Gasteiger partial charge in [0, 0.05) is 7.05 Å². The molecule has 8 nitrogen and oxygen atoms in total. The Balaban J connectivity index is 1.66. The second kappa shape index (κ2) is 10.1. The molecule has 0 saturated heterocycles. The van der Waals surface area contributed by atoms with Gasteiger partial charge in [-0.15, -0.1) is 0 Å². The Morgan fingerprint density at radius 1 is 1.11 bits per heavy atom. The molecular formula is C20H24N2O6. The predicted octanol–water partition coefficient (Wildman–Crippen LogP) is 1.59. The first-order chi connectivity index (χ1) is 13.3. The zero-order valence-corrected chi connectivity index (χ0v) is 16.2. The highest BCUT2D eigenvalue weighted by Crippen LogP contribution is 2.16. The Labute approximate surface area is 163 Å². The van der Waals surface area contributed by atoms with E-state index in [2.05, 4.69) is 5.32 Å². The van der Waals surface area contributed by atoms with E-state index in [9.17, 15) is 14.4 Å². The van der Waals surface area contributed by atoms with Crippen LogP contribution in [0.25, 0.3) is 0 Å². The van der Waals surface area contributed by atoms with Crippen molar-refractivity contribution in [1.29, 1.82) is 0 Å². The molecule has 150 valence electrons. The molecular weight excluding hydrogens is 364 g/mol. The van der Waals surface area contributed by atoms with Crippen LogP contribution in [0.5, 0.6) is 5.75 Å². The third-order valence-electron chi connectivity index (χ3n) is 4.04. The van der Waals surface area contributed by atoms with Gasteiger partial charge in [-0.2, -0.15) is 0 Å². The number of nitrogens with zero attached hydrogens (tertiary/aromatic N) is 1. The van der Waals surface area contributed by atoms with Crippen molar-refractivity contribution in [3.05, 3.63) is 53.5 Å². The number of ether oxygens (including phenoxy) is 2. The molecule has 1 aromatic heterocycles. The number of carbonyl (C=O) groups excluding carboxylic acids is 3. The minimum Gasteiger partial charge on any atom is -0.482 e. The van der Waals surface area contributed by atoms with Crippen molar-refractivity contribution in [2.75, 3.05) is 26.8 Å². The summed E-state index contributed by atoms with van der Waals surface area (Å²) in [6, 6.07) is 8.92. The van der Waals surface area contributed by atoms with E-state index < -0.39 is 18.5 Å². The molecule has 28 heavy (non-hydrogen) atoms. The van der Waals surface area contributed by atoms with Crippen LogP contribution in [0, 0.1) is 13.8 Å². The summed E-state index contributed by atoms with van der Waals surface area (Å²) in [7, 11) is 1.45. The number of hydrogen-bond donors (Lipinski definition) is 1. The quantitative estimate of drug-likeness (QED) is 0.655. The minimum absolute atomic E-state index is 0.157. The average Bonchev–Trinajstić information content (AvgIpc) is 3.19. The first-order valence-corrected chi connectivity index (χ1v) is 8.74. The topological polar surface area (TPSA) is 98.1 Å². The van der Waals surface area contributed by atoms with Crippen LogP contribution >= 0.6 is 0 Å². The van der Waals surface area contributed by atoms with Crippen molar-refractivity contribution in [3.8, 4) is 5.75 Å². The minimum atomic E-state index is -0.665. The average molecular weight is 388 g/mol. The van der Waals surface area contributed by atoms with Gasteiger partial charge in [-0.3, -0.25) is 9.59 Å². The Morgan fingerprint density at radius 2 is 1.89 bits per heavy atom. The predicted molar refractivity (Wildman–Crippen MR) is 101 cm³/mol. The van der Waals surface area contributed by atoms with E-state index in [1.165, 1.54) is 18.2 Å². The fourth-order valence-corrected chi connectivity index (χ4v) is 2.20. The standard InChI is InChI=1S/C20H24N2O6/c1-14-6-7-16(9-15(14)2)27-13-20(25)28-12-19(24)22(3)11-18(23)21-10-17-5-4-8-26-17/h4-9H,10-13H2,1-3H3,(H,21,23). The molecule has 0 spiro atoms. The largest absolute Gasteiger partial charge is 0.482 e. The number of rotatable bonds is 9. The molecule has 0 aliphatic heterocycles. The number of amides is 2. The first kappa shape index (κ1) is 21.0. The van der Waals surface area contributed by atoms with Gasteiger partial charge in [-0.05, 0) is 49.2 Å². The molecule has 0 aliphatic rings. The van der Waals surface area contributed by atoms with E-state index in [-0.39, 0.29) is 25.6 Å². The van der Waals surface area contributed by atoms with Crippen LogP contribution in [0.15, 0.2) is 41.0 Å². The van der Waals surface area contributed by atoms with Crippen molar-refractivity contribution in [2.45, 2.75) is 20.4 Å². The van der Waals surface area contributed by atoms with Gasteiger partial charge in [-0.25, -0.2) is 4.79 Å². The van der Waals surface area contributed by atoms with Gasteiger partial charge in [0.25, 0.3) is 5.91 Å². The zero-order chi connectivity index (χ0) is 20.5. The van der Waals surface area contributed by atoms with Gasteiger partial charge >= 0.3 is 5.97 Å². The highest BCUT2D eigenvalue weighted by molar-refractivity contribution is 5.86. The Bertz CT molecular complexity index is 816. The van der Waals surface area contributed by atoms with Gasteiger partial charge in [0.05, 0.1) is 19.4 Å². The van der Waals surface area contributed by atoms with Crippen LogP contribution in [-0.2, 0) is 25.7 Å². The monoisotopic (exact) mass is 388 g/mol.